The first-order chi connectivity index (χ1) is 14.2. The molecular weight excluding hydrogens is 492 g/mol. The number of carbonyl (C=O) groups excluding carboxylic acids is 1. The van der Waals surface area contributed by atoms with Gasteiger partial charge in [0.2, 0.25) is 0 Å². The average Bonchev–Trinajstić information content (AvgIpc) is 2.86. The number of anilines is 1. The number of nitrogens with zero attached hydrogens (tertiary/aromatic N) is 3. The molecule has 6 nitrogen and oxygen atoms in total. The normalized spacial score (nSPS) is 19.5. The number of hydrogen-bond acceptors (Lipinski definition) is 5. The smallest absolute Gasteiger partial charge is 0.410 e. The van der Waals surface area contributed by atoms with E-state index in [1.54, 1.807) is 11.1 Å². The minimum atomic E-state index is -0.490. The topological polar surface area (TPSA) is 54.9 Å². The van der Waals surface area contributed by atoms with Gasteiger partial charge < -0.3 is 19.3 Å². The summed E-state index contributed by atoms with van der Waals surface area (Å²) in [6.07, 6.45) is 10.1. The van der Waals surface area contributed by atoms with Crippen molar-refractivity contribution in [2.75, 3.05) is 18.0 Å². The highest BCUT2D eigenvalue weighted by molar-refractivity contribution is 14.1. The molecule has 4 rings (SSSR count). The van der Waals surface area contributed by atoms with E-state index in [9.17, 15) is 4.79 Å². The molecule has 1 aromatic rings. The first-order valence-electron chi connectivity index (χ1n) is 10.2. The number of hydrogen-bond donors (Lipinski definition) is 0. The van der Waals surface area contributed by atoms with Gasteiger partial charge in [0.1, 0.15) is 19.2 Å². The summed E-state index contributed by atoms with van der Waals surface area (Å²) in [5.74, 6) is 2.36. The van der Waals surface area contributed by atoms with Crippen molar-refractivity contribution in [1.82, 2.24) is 9.88 Å². The minimum absolute atomic E-state index is 0.202. The van der Waals surface area contributed by atoms with Crippen molar-refractivity contribution in [3.8, 4) is 5.75 Å². The van der Waals surface area contributed by atoms with Gasteiger partial charge in [-0.3, -0.25) is 0 Å². The molecule has 1 amide bonds. The lowest BCUT2D eigenvalue weighted by Gasteiger charge is -2.42. The molecule has 3 heterocycles. The molecule has 156 valence electrons. The fraction of sp³-hybridized carbons (Fsp3) is 0.455. The number of rotatable bonds is 1. The van der Waals surface area contributed by atoms with Crippen LogP contribution in [0.15, 0.2) is 45.5 Å². The van der Waals surface area contributed by atoms with Crippen molar-refractivity contribution < 1.29 is 14.3 Å². The molecule has 0 atom stereocenters. The molecule has 1 fully saturated rings. The lowest BCUT2D eigenvalue weighted by Crippen LogP contribution is -2.48. The zero-order valence-corrected chi connectivity index (χ0v) is 19.7. The van der Waals surface area contributed by atoms with Crippen molar-refractivity contribution in [3.05, 3.63) is 45.5 Å². The van der Waals surface area contributed by atoms with Gasteiger partial charge in [-0.1, -0.05) is 11.5 Å². The first-order valence-corrected chi connectivity index (χ1v) is 11.3. The van der Waals surface area contributed by atoms with Crippen LogP contribution in [0.2, 0.25) is 0 Å². The second-order valence-electron chi connectivity index (χ2n) is 8.70. The summed E-state index contributed by atoms with van der Waals surface area (Å²) in [5.41, 5.74) is 1.11. The van der Waals surface area contributed by atoms with Crippen LogP contribution in [0.25, 0.3) is 0 Å². The van der Waals surface area contributed by atoms with Crippen LogP contribution in [0.1, 0.15) is 40.0 Å². The van der Waals surface area contributed by atoms with E-state index >= 15 is 0 Å². The average molecular weight is 517 g/mol. The standard InChI is InChI=1S/C22H25BIN3O3/c1-22(2,3)30-21(28)26-10-8-16(9-11-26)27-17-6-4-15(24)5-7-18(17)29-19-12-14(23)13-25-20(19)27/h4-6,12-13,16H,7-11H2,1-3H3. The molecule has 0 saturated carbocycles. The Morgan fingerprint density at radius 3 is 2.73 bits per heavy atom. The molecule has 30 heavy (non-hydrogen) atoms. The number of ether oxygens (including phenoxy) is 2. The Labute approximate surface area is 192 Å². The fourth-order valence-electron chi connectivity index (χ4n) is 3.88. The highest BCUT2D eigenvalue weighted by Gasteiger charge is 2.36. The third-order valence-corrected chi connectivity index (χ3v) is 6.02. The van der Waals surface area contributed by atoms with Crippen LogP contribution in [0, 0.1) is 0 Å². The molecule has 0 bridgehead atoms. The van der Waals surface area contributed by atoms with Crippen molar-refractivity contribution >= 4 is 47.8 Å². The fourth-order valence-corrected chi connectivity index (χ4v) is 4.28. The molecule has 2 aliphatic heterocycles. The molecule has 8 heteroatoms. The van der Waals surface area contributed by atoms with Crippen LogP contribution in [0.4, 0.5) is 10.6 Å². The lowest BCUT2D eigenvalue weighted by molar-refractivity contribution is 0.0205. The van der Waals surface area contributed by atoms with Gasteiger partial charge in [0.05, 0.1) is 5.70 Å². The van der Waals surface area contributed by atoms with Gasteiger partial charge in [0.15, 0.2) is 11.6 Å². The molecule has 0 spiro atoms. The Morgan fingerprint density at radius 2 is 2.03 bits per heavy atom. The van der Waals surface area contributed by atoms with Crippen LogP contribution < -0.4 is 15.1 Å². The maximum atomic E-state index is 12.5. The number of halogens is 1. The molecule has 3 aliphatic rings. The summed E-state index contributed by atoms with van der Waals surface area (Å²) in [5, 5.41) is 0. The van der Waals surface area contributed by atoms with Gasteiger partial charge in [0.25, 0.3) is 0 Å². The number of likely N-dealkylation sites (tertiary alicyclic amines) is 1. The van der Waals surface area contributed by atoms with Gasteiger partial charge in [-0.25, -0.2) is 9.78 Å². The molecule has 1 aliphatic carbocycles. The number of fused-ring (bicyclic) bond motifs is 1. The zero-order chi connectivity index (χ0) is 21.5. The SMILES string of the molecule is [B]c1cnc2c(c1)OC1=C(C=CC(I)=CC1)N2C1CCN(C(=O)OC(C)(C)C)CC1. The summed E-state index contributed by atoms with van der Waals surface area (Å²) >= 11 is 2.32. The molecule has 1 aromatic heterocycles. The summed E-state index contributed by atoms with van der Waals surface area (Å²) in [6, 6.07) is 2.03. The molecule has 0 N–H and O–H groups in total. The van der Waals surface area contributed by atoms with E-state index in [1.165, 1.54) is 3.58 Å². The van der Waals surface area contributed by atoms with Crippen LogP contribution in [-0.4, -0.2) is 48.6 Å². The molecular formula is C22H25BIN3O3. The Balaban J connectivity index is 1.59. The second-order valence-corrected chi connectivity index (χ2v) is 9.94. The minimum Gasteiger partial charge on any atom is -0.455 e. The van der Waals surface area contributed by atoms with Crippen molar-refractivity contribution in [3.63, 3.8) is 0 Å². The zero-order valence-electron chi connectivity index (χ0n) is 17.5. The predicted molar refractivity (Wildman–Crippen MR) is 126 cm³/mol. The molecule has 1 saturated heterocycles. The number of carbonyl (C=O) groups is 1. The van der Waals surface area contributed by atoms with E-state index < -0.39 is 5.60 Å². The van der Waals surface area contributed by atoms with Gasteiger partial charge in [0, 0.05) is 35.3 Å². The second kappa shape index (κ2) is 8.28. The number of piperidine rings is 1. The maximum Gasteiger partial charge on any atom is 0.410 e. The van der Waals surface area contributed by atoms with Crippen LogP contribution in [0.5, 0.6) is 5.75 Å². The van der Waals surface area contributed by atoms with Gasteiger partial charge in [-0.15, -0.1) is 0 Å². The Morgan fingerprint density at radius 1 is 1.30 bits per heavy atom. The maximum absolute atomic E-state index is 12.5. The van der Waals surface area contributed by atoms with Crippen LogP contribution >= 0.6 is 22.6 Å². The van der Waals surface area contributed by atoms with Crippen LogP contribution in [0.3, 0.4) is 0 Å². The molecule has 0 aromatic carbocycles. The number of aromatic nitrogens is 1. The number of allylic oxidation sites excluding steroid dienone is 4. The first kappa shape index (κ1) is 21.3. The number of pyridine rings is 1. The summed E-state index contributed by atoms with van der Waals surface area (Å²) in [6.45, 7) is 6.96. The van der Waals surface area contributed by atoms with E-state index in [2.05, 4.69) is 50.7 Å². The van der Waals surface area contributed by atoms with Crippen molar-refractivity contribution in [1.29, 1.82) is 0 Å². The van der Waals surface area contributed by atoms with E-state index in [1.807, 2.05) is 26.8 Å². The summed E-state index contributed by atoms with van der Waals surface area (Å²) < 4.78 is 12.9. The van der Waals surface area contributed by atoms with Crippen molar-refractivity contribution in [2.45, 2.75) is 51.7 Å². The van der Waals surface area contributed by atoms with E-state index in [4.69, 9.17) is 17.3 Å². The van der Waals surface area contributed by atoms with Crippen molar-refractivity contribution in [2.24, 2.45) is 0 Å². The summed E-state index contributed by atoms with van der Waals surface area (Å²) in [7, 11) is 5.97. The van der Waals surface area contributed by atoms with Gasteiger partial charge in [-0.05, 0) is 74.4 Å². The van der Waals surface area contributed by atoms with Crippen LogP contribution in [-0.2, 0) is 4.74 Å². The van der Waals surface area contributed by atoms with Gasteiger partial charge in [-0.2, -0.15) is 0 Å². The van der Waals surface area contributed by atoms with Gasteiger partial charge >= 0.3 is 6.09 Å². The monoisotopic (exact) mass is 517 g/mol. The lowest BCUT2D eigenvalue weighted by atomic mass is 9.97. The van der Waals surface area contributed by atoms with E-state index in [0.717, 1.165) is 30.1 Å². The third kappa shape index (κ3) is 4.53. The Hall–Kier alpha value is -1.97. The van der Waals surface area contributed by atoms with E-state index in [-0.39, 0.29) is 12.1 Å². The largest absolute Gasteiger partial charge is 0.455 e. The molecule has 2 radical (unpaired) electrons. The summed E-state index contributed by atoms with van der Waals surface area (Å²) in [4.78, 5) is 21.1. The Bertz CT molecular complexity index is 943. The number of amides is 1. The Kier molecular flexibility index (Phi) is 5.87. The third-order valence-electron chi connectivity index (χ3n) is 5.22. The highest BCUT2D eigenvalue weighted by Crippen LogP contribution is 2.41. The quantitative estimate of drug-likeness (QED) is 0.417. The molecule has 0 unspecified atom stereocenters. The predicted octanol–water partition coefficient (Wildman–Crippen LogP) is 3.96. The van der Waals surface area contributed by atoms with E-state index in [0.29, 0.717) is 30.7 Å². The highest BCUT2D eigenvalue weighted by atomic mass is 127.